The summed E-state index contributed by atoms with van der Waals surface area (Å²) in [4.78, 5) is 15.4. The summed E-state index contributed by atoms with van der Waals surface area (Å²) in [5.41, 5.74) is 2.93. The fraction of sp³-hybridized carbons (Fsp3) is 0.364. The lowest BCUT2D eigenvalue weighted by molar-refractivity contribution is 0.0681. The molecule has 2 heterocycles. The second kappa shape index (κ2) is 8.86. The summed E-state index contributed by atoms with van der Waals surface area (Å²) < 4.78 is 6.94. The molecule has 150 valence electrons. The van der Waals surface area contributed by atoms with E-state index < -0.39 is 0 Å². The van der Waals surface area contributed by atoms with Gasteiger partial charge in [0.05, 0.1) is 19.7 Å². The van der Waals surface area contributed by atoms with Crippen molar-refractivity contribution in [1.29, 1.82) is 0 Å². The highest BCUT2D eigenvalue weighted by atomic mass is 16.5. The van der Waals surface area contributed by atoms with Crippen LogP contribution in [0.4, 0.5) is 0 Å². The fourth-order valence-electron chi connectivity index (χ4n) is 3.88. The monoisotopic (exact) mass is 391 g/mol. The Hall–Kier alpha value is -3.22. The second-order valence-electron chi connectivity index (χ2n) is 7.34. The minimum absolute atomic E-state index is 0.0849. The Labute approximate surface area is 170 Å². The molecule has 0 N–H and O–H groups in total. The maximum Gasteiger partial charge on any atom is 0.254 e. The Kier molecular flexibility index (Phi) is 5.84. The first-order valence-electron chi connectivity index (χ1n) is 9.99. The normalized spacial score (nSPS) is 17.0. The van der Waals surface area contributed by atoms with Crippen LogP contribution in [0.3, 0.4) is 0 Å². The maximum atomic E-state index is 13.4. The second-order valence-corrected chi connectivity index (χ2v) is 7.34. The molecule has 2 aromatic carbocycles. The molecule has 1 aromatic heterocycles. The topological polar surface area (TPSA) is 73.1 Å². The van der Waals surface area contributed by atoms with Crippen molar-refractivity contribution < 1.29 is 9.53 Å². The molecule has 1 saturated heterocycles. The van der Waals surface area contributed by atoms with E-state index >= 15 is 0 Å². The van der Waals surface area contributed by atoms with Crippen LogP contribution in [-0.2, 0) is 6.54 Å². The number of carbonyl (C=O) groups excluding carboxylic acids is 1. The lowest BCUT2D eigenvalue weighted by Gasteiger charge is -2.31. The lowest BCUT2D eigenvalue weighted by Crippen LogP contribution is -2.34. The number of hydrogen-bond acceptors (Lipinski definition) is 5. The van der Waals surface area contributed by atoms with E-state index in [0.717, 1.165) is 49.1 Å². The van der Waals surface area contributed by atoms with Gasteiger partial charge in [-0.05, 0) is 58.7 Å². The molecule has 0 saturated carbocycles. The molecular weight excluding hydrogens is 366 g/mol. The first kappa shape index (κ1) is 19.1. The zero-order valence-electron chi connectivity index (χ0n) is 16.6. The molecule has 1 atom stereocenters. The molecule has 3 aromatic rings. The first-order chi connectivity index (χ1) is 14.2. The van der Waals surface area contributed by atoms with Crippen LogP contribution in [0.5, 0.6) is 5.75 Å². The molecule has 7 heteroatoms. The third-order valence-electron chi connectivity index (χ3n) is 5.45. The van der Waals surface area contributed by atoms with Gasteiger partial charge >= 0.3 is 0 Å². The average molecular weight is 391 g/mol. The van der Waals surface area contributed by atoms with E-state index in [1.807, 2.05) is 41.3 Å². The number of rotatable bonds is 5. The molecule has 1 aliphatic heterocycles. The van der Waals surface area contributed by atoms with Gasteiger partial charge in [0.1, 0.15) is 12.1 Å². The molecule has 0 aliphatic carbocycles. The van der Waals surface area contributed by atoms with Gasteiger partial charge in [-0.2, -0.15) is 0 Å². The summed E-state index contributed by atoms with van der Waals surface area (Å²) in [6.07, 6.45) is 5.88. The molecule has 0 bridgehead atoms. The van der Waals surface area contributed by atoms with Gasteiger partial charge < -0.3 is 9.64 Å². The molecule has 1 amide bonds. The minimum Gasteiger partial charge on any atom is -0.497 e. The SMILES string of the molecule is COc1ccc(C2CCCCCN2C(=O)c2ccc(Cn3cnnn3)cc2)cc1. The Morgan fingerprint density at radius 1 is 1.07 bits per heavy atom. The zero-order valence-corrected chi connectivity index (χ0v) is 16.6. The third kappa shape index (κ3) is 4.45. The average Bonchev–Trinajstić information content (AvgIpc) is 3.15. The van der Waals surface area contributed by atoms with Crippen molar-refractivity contribution in [2.75, 3.05) is 13.7 Å². The predicted octanol–water partition coefficient (Wildman–Crippen LogP) is 3.49. The van der Waals surface area contributed by atoms with E-state index in [4.69, 9.17) is 4.74 Å². The lowest BCUT2D eigenvalue weighted by atomic mass is 9.99. The Morgan fingerprint density at radius 3 is 2.55 bits per heavy atom. The highest BCUT2D eigenvalue weighted by Gasteiger charge is 2.27. The Bertz CT molecular complexity index is 923. The molecule has 29 heavy (non-hydrogen) atoms. The van der Waals surface area contributed by atoms with Gasteiger partial charge in [-0.25, -0.2) is 4.68 Å². The quantitative estimate of drug-likeness (QED) is 0.666. The number of tetrazole rings is 1. The minimum atomic E-state index is 0.0849. The fourth-order valence-corrected chi connectivity index (χ4v) is 3.88. The highest BCUT2D eigenvalue weighted by molar-refractivity contribution is 5.94. The molecule has 1 aliphatic rings. The molecule has 0 radical (unpaired) electrons. The molecular formula is C22H25N5O2. The predicted molar refractivity (Wildman–Crippen MR) is 109 cm³/mol. The van der Waals surface area contributed by atoms with Crippen molar-refractivity contribution in [1.82, 2.24) is 25.1 Å². The zero-order chi connectivity index (χ0) is 20.1. The van der Waals surface area contributed by atoms with Crippen molar-refractivity contribution in [3.63, 3.8) is 0 Å². The van der Waals surface area contributed by atoms with Crippen LogP contribution in [0.25, 0.3) is 0 Å². The molecule has 7 nitrogen and oxygen atoms in total. The highest BCUT2D eigenvalue weighted by Crippen LogP contribution is 2.32. The van der Waals surface area contributed by atoms with Gasteiger partial charge in [-0.3, -0.25) is 4.79 Å². The van der Waals surface area contributed by atoms with Gasteiger partial charge in [-0.1, -0.05) is 37.1 Å². The maximum absolute atomic E-state index is 13.4. The largest absolute Gasteiger partial charge is 0.497 e. The van der Waals surface area contributed by atoms with Gasteiger partial charge in [0.15, 0.2) is 0 Å². The number of carbonyl (C=O) groups is 1. The van der Waals surface area contributed by atoms with Crippen LogP contribution in [-0.4, -0.2) is 44.7 Å². The van der Waals surface area contributed by atoms with Crippen molar-refractivity contribution in [2.45, 2.75) is 38.3 Å². The Morgan fingerprint density at radius 2 is 1.86 bits per heavy atom. The van der Waals surface area contributed by atoms with Crippen LogP contribution in [0.2, 0.25) is 0 Å². The van der Waals surface area contributed by atoms with Gasteiger partial charge in [0.25, 0.3) is 5.91 Å². The van der Waals surface area contributed by atoms with Crippen molar-refractivity contribution >= 4 is 5.91 Å². The Balaban J connectivity index is 1.53. The molecule has 0 spiro atoms. The summed E-state index contributed by atoms with van der Waals surface area (Å²) in [6.45, 7) is 1.36. The molecule has 1 unspecified atom stereocenters. The summed E-state index contributed by atoms with van der Waals surface area (Å²) >= 11 is 0. The smallest absolute Gasteiger partial charge is 0.254 e. The number of ether oxygens (including phenoxy) is 1. The van der Waals surface area contributed by atoms with Crippen LogP contribution >= 0.6 is 0 Å². The van der Waals surface area contributed by atoms with E-state index in [2.05, 4.69) is 27.7 Å². The molecule has 1 fully saturated rings. The summed E-state index contributed by atoms with van der Waals surface area (Å²) in [6, 6.07) is 15.9. The van der Waals surface area contributed by atoms with Crippen LogP contribution in [0.15, 0.2) is 54.9 Å². The summed E-state index contributed by atoms with van der Waals surface area (Å²) in [5.74, 6) is 0.917. The first-order valence-corrected chi connectivity index (χ1v) is 9.99. The van der Waals surface area contributed by atoms with Crippen molar-refractivity contribution in [2.24, 2.45) is 0 Å². The number of likely N-dealkylation sites (tertiary alicyclic amines) is 1. The number of hydrogen-bond donors (Lipinski definition) is 0. The van der Waals surface area contributed by atoms with Gasteiger partial charge in [0, 0.05) is 12.1 Å². The number of methoxy groups -OCH3 is 1. The standard InChI is InChI=1S/C22H25N5O2/c1-29-20-12-10-18(11-13-20)21-5-3-2-4-14-27(21)22(28)19-8-6-17(7-9-19)15-26-16-23-24-25-26/h6-13,16,21H,2-5,14-15H2,1H3. The van der Waals surface area contributed by atoms with E-state index in [1.165, 1.54) is 0 Å². The number of aromatic nitrogens is 4. The van der Waals surface area contributed by atoms with E-state index in [9.17, 15) is 4.79 Å². The van der Waals surface area contributed by atoms with Gasteiger partial charge in [-0.15, -0.1) is 5.10 Å². The van der Waals surface area contributed by atoms with Crippen LogP contribution in [0, 0.1) is 0 Å². The van der Waals surface area contributed by atoms with Crippen molar-refractivity contribution in [3.8, 4) is 5.75 Å². The summed E-state index contributed by atoms with van der Waals surface area (Å²) in [7, 11) is 1.67. The molecule has 4 rings (SSSR count). The van der Waals surface area contributed by atoms with Crippen LogP contribution < -0.4 is 4.74 Å². The summed E-state index contributed by atoms with van der Waals surface area (Å²) in [5, 5.41) is 11.2. The van der Waals surface area contributed by atoms with E-state index in [0.29, 0.717) is 12.1 Å². The number of amides is 1. The van der Waals surface area contributed by atoms with E-state index in [-0.39, 0.29) is 11.9 Å². The third-order valence-corrected chi connectivity index (χ3v) is 5.45. The van der Waals surface area contributed by atoms with E-state index in [1.54, 1.807) is 18.1 Å². The van der Waals surface area contributed by atoms with Crippen molar-refractivity contribution in [3.05, 3.63) is 71.5 Å². The van der Waals surface area contributed by atoms with Crippen LogP contribution in [0.1, 0.15) is 53.2 Å². The van der Waals surface area contributed by atoms with Gasteiger partial charge in [0.2, 0.25) is 0 Å². The number of nitrogens with zero attached hydrogens (tertiary/aromatic N) is 5. The number of benzene rings is 2.